The van der Waals surface area contributed by atoms with E-state index in [2.05, 4.69) is 9.97 Å². The standard InChI is InChI=1S/C8H14N4/c1-8(2,3)5-4-6(9)12-7(10)11-5/h4H,1-3H3,(H4,9,10,11,12). The minimum Gasteiger partial charge on any atom is -0.384 e. The maximum absolute atomic E-state index is 5.52. The molecule has 0 aliphatic heterocycles. The summed E-state index contributed by atoms with van der Waals surface area (Å²) in [5, 5.41) is 0. The molecule has 0 saturated carbocycles. The summed E-state index contributed by atoms with van der Waals surface area (Å²) < 4.78 is 0. The fourth-order valence-electron chi connectivity index (χ4n) is 0.870. The van der Waals surface area contributed by atoms with E-state index >= 15 is 0 Å². The summed E-state index contributed by atoms with van der Waals surface area (Å²) in [6.45, 7) is 6.15. The molecular weight excluding hydrogens is 152 g/mol. The van der Waals surface area contributed by atoms with E-state index in [1.807, 2.05) is 20.8 Å². The van der Waals surface area contributed by atoms with Crippen LogP contribution in [0.5, 0.6) is 0 Å². The van der Waals surface area contributed by atoms with Crippen LogP contribution in [-0.4, -0.2) is 9.97 Å². The highest BCUT2D eigenvalue weighted by Crippen LogP contribution is 2.21. The van der Waals surface area contributed by atoms with Gasteiger partial charge in [-0.2, -0.15) is 4.98 Å². The van der Waals surface area contributed by atoms with Gasteiger partial charge in [-0.3, -0.25) is 0 Å². The van der Waals surface area contributed by atoms with Gasteiger partial charge in [0, 0.05) is 11.5 Å². The number of aromatic nitrogens is 2. The zero-order valence-electron chi connectivity index (χ0n) is 7.63. The van der Waals surface area contributed by atoms with Gasteiger partial charge in [0.15, 0.2) is 0 Å². The molecule has 0 radical (unpaired) electrons. The van der Waals surface area contributed by atoms with Crippen molar-refractivity contribution in [3.8, 4) is 0 Å². The molecule has 0 bridgehead atoms. The molecule has 66 valence electrons. The summed E-state index contributed by atoms with van der Waals surface area (Å²) >= 11 is 0. The molecule has 0 unspecified atom stereocenters. The lowest BCUT2D eigenvalue weighted by Gasteiger charge is -2.17. The van der Waals surface area contributed by atoms with Crippen molar-refractivity contribution >= 4 is 11.8 Å². The molecule has 4 N–H and O–H groups in total. The normalized spacial score (nSPS) is 11.6. The molecule has 1 heterocycles. The molecule has 4 nitrogen and oxygen atoms in total. The predicted octanol–water partition coefficient (Wildman–Crippen LogP) is 0.939. The van der Waals surface area contributed by atoms with Gasteiger partial charge in [-0.1, -0.05) is 20.8 Å². The van der Waals surface area contributed by atoms with Gasteiger partial charge < -0.3 is 11.5 Å². The van der Waals surface area contributed by atoms with Crippen LogP contribution in [0.25, 0.3) is 0 Å². The van der Waals surface area contributed by atoms with Crippen LogP contribution in [-0.2, 0) is 5.41 Å². The zero-order valence-corrected chi connectivity index (χ0v) is 7.63. The van der Waals surface area contributed by atoms with Crippen LogP contribution in [0.15, 0.2) is 6.07 Å². The Morgan fingerprint density at radius 2 is 1.75 bits per heavy atom. The van der Waals surface area contributed by atoms with Crippen LogP contribution in [0.4, 0.5) is 11.8 Å². The van der Waals surface area contributed by atoms with E-state index in [0.717, 1.165) is 5.69 Å². The molecular formula is C8H14N4. The molecule has 0 spiro atoms. The lowest BCUT2D eigenvalue weighted by atomic mass is 9.92. The van der Waals surface area contributed by atoms with Crippen molar-refractivity contribution in [2.75, 3.05) is 11.5 Å². The van der Waals surface area contributed by atoms with Crippen LogP contribution >= 0.6 is 0 Å². The first-order valence-corrected chi connectivity index (χ1v) is 3.80. The molecule has 0 aliphatic carbocycles. The lowest BCUT2D eigenvalue weighted by Crippen LogP contribution is -2.16. The largest absolute Gasteiger partial charge is 0.384 e. The van der Waals surface area contributed by atoms with E-state index in [-0.39, 0.29) is 11.4 Å². The van der Waals surface area contributed by atoms with E-state index in [4.69, 9.17) is 11.5 Å². The monoisotopic (exact) mass is 166 g/mol. The summed E-state index contributed by atoms with van der Waals surface area (Å²) in [7, 11) is 0. The van der Waals surface area contributed by atoms with Gasteiger partial charge in [0.2, 0.25) is 5.95 Å². The molecule has 12 heavy (non-hydrogen) atoms. The molecule has 0 amide bonds. The maximum atomic E-state index is 5.52. The summed E-state index contributed by atoms with van der Waals surface area (Å²) in [6, 6.07) is 1.75. The van der Waals surface area contributed by atoms with Crippen molar-refractivity contribution in [3.63, 3.8) is 0 Å². The molecule has 4 heteroatoms. The second-order valence-electron chi connectivity index (χ2n) is 3.79. The van der Waals surface area contributed by atoms with Crippen LogP contribution in [0, 0.1) is 0 Å². The van der Waals surface area contributed by atoms with Gasteiger partial charge in [0.25, 0.3) is 0 Å². The van der Waals surface area contributed by atoms with Crippen molar-refractivity contribution < 1.29 is 0 Å². The first kappa shape index (κ1) is 8.77. The first-order chi connectivity index (χ1) is 5.39. The number of rotatable bonds is 0. The highest BCUT2D eigenvalue weighted by molar-refractivity contribution is 5.37. The van der Waals surface area contributed by atoms with E-state index in [0.29, 0.717) is 5.82 Å². The Bertz CT molecular complexity index is 267. The third-order valence-electron chi connectivity index (χ3n) is 1.53. The highest BCUT2D eigenvalue weighted by atomic mass is 15.0. The summed E-state index contributed by atoms with van der Waals surface area (Å²) in [6.07, 6.45) is 0. The Labute approximate surface area is 72.0 Å². The maximum Gasteiger partial charge on any atom is 0.222 e. The number of nitrogens with zero attached hydrogens (tertiary/aromatic N) is 2. The summed E-state index contributed by atoms with van der Waals surface area (Å²) in [5.74, 6) is 0.660. The minimum atomic E-state index is -0.0365. The van der Waals surface area contributed by atoms with Crippen LogP contribution in [0.2, 0.25) is 0 Å². The highest BCUT2D eigenvalue weighted by Gasteiger charge is 2.16. The number of nitrogens with two attached hydrogens (primary N) is 2. The Morgan fingerprint density at radius 3 is 2.17 bits per heavy atom. The van der Waals surface area contributed by atoms with Gasteiger partial charge in [-0.25, -0.2) is 4.98 Å². The Kier molecular flexibility index (Phi) is 1.92. The molecule has 0 saturated heterocycles. The van der Waals surface area contributed by atoms with E-state index in [9.17, 15) is 0 Å². The van der Waals surface area contributed by atoms with Gasteiger partial charge in [-0.05, 0) is 0 Å². The topological polar surface area (TPSA) is 77.8 Å². The number of hydrogen-bond donors (Lipinski definition) is 2. The average Bonchev–Trinajstić information content (AvgIpc) is 1.82. The van der Waals surface area contributed by atoms with Crippen molar-refractivity contribution in [2.24, 2.45) is 0 Å². The fourth-order valence-corrected chi connectivity index (χ4v) is 0.870. The third-order valence-corrected chi connectivity index (χ3v) is 1.53. The van der Waals surface area contributed by atoms with Crippen molar-refractivity contribution in [2.45, 2.75) is 26.2 Å². The molecule has 1 rings (SSSR count). The average molecular weight is 166 g/mol. The molecule has 0 aliphatic rings. The van der Waals surface area contributed by atoms with Gasteiger partial charge >= 0.3 is 0 Å². The number of hydrogen-bond acceptors (Lipinski definition) is 4. The number of nitrogen functional groups attached to an aromatic ring is 2. The van der Waals surface area contributed by atoms with Crippen LogP contribution < -0.4 is 11.5 Å². The zero-order chi connectivity index (χ0) is 9.35. The van der Waals surface area contributed by atoms with E-state index in [1.54, 1.807) is 6.07 Å². The predicted molar refractivity (Wildman–Crippen MR) is 49.6 cm³/mol. The third kappa shape index (κ3) is 1.84. The Hall–Kier alpha value is -1.32. The van der Waals surface area contributed by atoms with E-state index in [1.165, 1.54) is 0 Å². The van der Waals surface area contributed by atoms with Gasteiger partial charge in [-0.15, -0.1) is 0 Å². The van der Waals surface area contributed by atoms with E-state index < -0.39 is 0 Å². The second-order valence-corrected chi connectivity index (χ2v) is 3.79. The minimum absolute atomic E-state index is 0.0365. The van der Waals surface area contributed by atoms with Crippen molar-refractivity contribution in [3.05, 3.63) is 11.8 Å². The Morgan fingerprint density at radius 1 is 1.17 bits per heavy atom. The first-order valence-electron chi connectivity index (χ1n) is 3.80. The molecule has 1 aromatic rings. The van der Waals surface area contributed by atoms with Crippen LogP contribution in [0.1, 0.15) is 26.5 Å². The molecule has 1 aromatic heterocycles. The van der Waals surface area contributed by atoms with Gasteiger partial charge in [0.05, 0.1) is 5.69 Å². The smallest absolute Gasteiger partial charge is 0.222 e. The SMILES string of the molecule is CC(C)(C)c1cc(N)nc(N)n1. The Balaban J connectivity index is 3.18. The molecule has 0 fully saturated rings. The van der Waals surface area contributed by atoms with Gasteiger partial charge in [0.1, 0.15) is 5.82 Å². The van der Waals surface area contributed by atoms with Crippen LogP contribution in [0.3, 0.4) is 0 Å². The fraction of sp³-hybridized carbons (Fsp3) is 0.500. The molecule has 0 atom stereocenters. The second kappa shape index (κ2) is 2.62. The van der Waals surface area contributed by atoms with Crippen molar-refractivity contribution in [1.82, 2.24) is 9.97 Å². The summed E-state index contributed by atoms with van der Waals surface area (Å²) in [5.41, 5.74) is 11.8. The van der Waals surface area contributed by atoms with Crippen molar-refractivity contribution in [1.29, 1.82) is 0 Å². The summed E-state index contributed by atoms with van der Waals surface area (Å²) in [4.78, 5) is 7.88. The lowest BCUT2D eigenvalue weighted by molar-refractivity contribution is 0.568. The molecule has 0 aromatic carbocycles. The quantitative estimate of drug-likeness (QED) is 0.601. The number of anilines is 2.